The minimum absolute atomic E-state index is 0.185. The van der Waals surface area contributed by atoms with Gasteiger partial charge in [0.15, 0.2) is 0 Å². The van der Waals surface area contributed by atoms with Gasteiger partial charge in [0, 0.05) is 30.2 Å². The van der Waals surface area contributed by atoms with E-state index in [1.807, 2.05) is 30.3 Å². The van der Waals surface area contributed by atoms with E-state index in [0.29, 0.717) is 48.8 Å². The molecule has 1 amide bonds. The van der Waals surface area contributed by atoms with E-state index in [2.05, 4.69) is 37.4 Å². The molecule has 200 valence electrons. The summed E-state index contributed by atoms with van der Waals surface area (Å²) in [6.45, 7) is 5.54. The molecule has 1 N–H and O–H groups in total. The minimum Gasteiger partial charge on any atom is -0.489 e. The van der Waals surface area contributed by atoms with Crippen LogP contribution in [0.2, 0.25) is 5.02 Å². The average molecular weight is 536 g/mol. The predicted molar refractivity (Wildman–Crippen MR) is 148 cm³/mol. The lowest BCUT2D eigenvalue weighted by Crippen LogP contribution is -2.49. The molecule has 0 aromatic heterocycles. The van der Waals surface area contributed by atoms with Crippen molar-refractivity contribution in [3.8, 4) is 5.75 Å². The Bertz CT molecular complexity index is 1280. The van der Waals surface area contributed by atoms with E-state index in [9.17, 15) is 9.59 Å². The van der Waals surface area contributed by atoms with Crippen molar-refractivity contribution in [1.29, 1.82) is 0 Å². The number of rotatable bonds is 9. The van der Waals surface area contributed by atoms with E-state index in [1.165, 1.54) is 7.11 Å². The maximum atomic E-state index is 13.9. The number of nitrogens with one attached hydrogen (secondary N) is 1. The van der Waals surface area contributed by atoms with Gasteiger partial charge in [-0.1, -0.05) is 59.1 Å². The lowest BCUT2D eigenvalue weighted by molar-refractivity contribution is -0.140. The van der Waals surface area contributed by atoms with Gasteiger partial charge in [0.1, 0.15) is 12.4 Å². The highest BCUT2D eigenvalue weighted by molar-refractivity contribution is 6.30. The van der Waals surface area contributed by atoms with Gasteiger partial charge in [0.2, 0.25) is 0 Å². The van der Waals surface area contributed by atoms with Crippen molar-refractivity contribution in [2.75, 3.05) is 20.3 Å². The van der Waals surface area contributed by atoms with E-state index >= 15 is 0 Å². The number of hydrogen-bond donors (Lipinski definition) is 1. The predicted octanol–water partition coefficient (Wildman–Crippen LogP) is 6.08. The molecule has 6 nitrogen and oxygen atoms in total. The molecule has 38 heavy (non-hydrogen) atoms. The Hall–Kier alpha value is -3.35. The van der Waals surface area contributed by atoms with Crippen molar-refractivity contribution in [3.63, 3.8) is 0 Å². The van der Waals surface area contributed by atoms with E-state index < -0.39 is 5.54 Å². The quantitative estimate of drug-likeness (QED) is 0.336. The number of carbonyl (C=O) groups is 2. The number of ether oxygens (including phenoxy) is 3. The molecule has 3 aromatic rings. The van der Waals surface area contributed by atoms with Crippen LogP contribution in [0.3, 0.4) is 0 Å². The summed E-state index contributed by atoms with van der Waals surface area (Å²) in [5.41, 5.74) is 4.99. The Balaban J connectivity index is 1.64. The summed E-state index contributed by atoms with van der Waals surface area (Å²) >= 11 is 6.08. The zero-order valence-corrected chi connectivity index (χ0v) is 22.9. The molecule has 1 aliphatic heterocycles. The Labute approximate surface area is 229 Å². The SMILES string of the molecule is COC(=O)CCc1ccc(COc2cccc(Cl)c2)cc1C(=O)NC1(c2cc(C)cc(C)c2)CCOCC1. The minimum atomic E-state index is -0.543. The molecule has 0 radical (unpaired) electrons. The Morgan fingerprint density at radius 1 is 1.00 bits per heavy atom. The fourth-order valence-electron chi connectivity index (χ4n) is 4.95. The van der Waals surface area contributed by atoms with Gasteiger partial charge >= 0.3 is 5.97 Å². The smallest absolute Gasteiger partial charge is 0.305 e. The molecule has 0 atom stereocenters. The first kappa shape index (κ1) is 27.7. The van der Waals surface area contributed by atoms with E-state index in [-0.39, 0.29) is 24.9 Å². The summed E-state index contributed by atoms with van der Waals surface area (Å²) in [7, 11) is 1.37. The van der Waals surface area contributed by atoms with Gasteiger partial charge in [-0.2, -0.15) is 0 Å². The van der Waals surface area contributed by atoms with Crippen molar-refractivity contribution >= 4 is 23.5 Å². The Morgan fingerprint density at radius 2 is 1.74 bits per heavy atom. The number of amides is 1. The van der Waals surface area contributed by atoms with Crippen molar-refractivity contribution in [2.45, 2.75) is 51.7 Å². The van der Waals surface area contributed by atoms with Crippen LogP contribution in [0.1, 0.15) is 57.4 Å². The molecule has 0 aliphatic carbocycles. The molecule has 0 spiro atoms. The molecule has 1 heterocycles. The number of methoxy groups -OCH3 is 1. The summed E-state index contributed by atoms with van der Waals surface area (Å²) in [6.07, 6.45) is 1.93. The highest BCUT2D eigenvalue weighted by atomic mass is 35.5. The standard InChI is InChI=1S/C31H34ClNO5/c1-21-15-22(2)17-25(16-21)31(11-13-37-14-12-31)33-30(35)28-18-23(7-8-24(28)9-10-29(34)36-3)20-38-27-6-4-5-26(32)19-27/h4-8,15-19H,9-14,20H2,1-3H3,(H,33,35). The van der Waals surface area contributed by atoms with Crippen LogP contribution in [0.15, 0.2) is 60.7 Å². The molecule has 0 saturated carbocycles. The molecule has 7 heteroatoms. The third kappa shape index (κ3) is 6.94. The van der Waals surface area contributed by atoms with Crippen LogP contribution in [-0.4, -0.2) is 32.2 Å². The summed E-state index contributed by atoms with van der Waals surface area (Å²) in [6, 6.07) is 19.3. The summed E-state index contributed by atoms with van der Waals surface area (Å²) in [5.74, 6) is 0.144. The van der Waals surface area contributed by atoms with Crippen LogP contribution in [0.5, 0.6) is 5.75 Å². The first-order valence-electron chi connectivity index (χ1n) is 12.8. The number of aryl methyl sites for hydroxylation is 3. The highest BCUT2D eigenvalue weighted by Gasteiger charge is 2.37. The van der Waals surface area contributed by atoms with Gasteiger partial charge in [-0.05, 0) is 74.1 Å². The van der Waals surface area contributed by atoms with Crippen molar-refractivity contribution in [3.05, 3.63) is 99.1 Å². The molecule has 4 rings (SSSR count). The fourth-order valence-corrected chi connectivity index (χ4v) is 5.13. The van der Waals surface area contributed by atoms with Crippen LogP contribution in [0, 0.1) is 13.8 Å². The second kappa shape index (κ2) is 12.5. The summed E-state index contributed by atoms with van der Waals surface area (Å²) in [4.78, 5) is 25.8. The number of carbonyl (C=O) groups excluding carboxylic acids is 2. The maximum Gasteiger partial charge on any atom is 0.305 e. The molecule has 0 bridgehead atoms. The summed E-state index contributed by atoms with van der Waals surface area (Å²) < 4.78 is 16.4. The topological polar surface area (TPSA) is 73.9 Å². The number of halogens is 1. The number of esters is 1. The van der Waals surface area contributed by atoms with Crippen LogP contribution in [0.25, 0.3) is 0 Å². The maximum absolute atomic E-state index is 13.9. The van der Waals surface area contributed by atoms with Crippen LogP contribution in [-0.2, 0) is 32.8 Å². The zero-order chi connectivity index (χ0) is 27.1. The number of benzene rings is 3. The second-order valence-electron chi connectivity index (χ2n) is 9.84. The van der Waals surface area contributed by atoms with Gasteiger partial charge in [-0.15, -0.1) is 0 Å². The van der Waals surface area contributed by atoms with E-state index in [1.54, 1.807) is 12.1 Å². The molecule has 1 aliphatic rings. The first-order chi connectivity index (χ1) is 18.3. The second-order valence-corrected chi connectivity index (χ2v) is 10.3. The van der Waals surface area contributed by atoms with Crippen molar-refractivity contribution in [2.24, 2.45) is 0 Å². The first-order valence-corrected chi connectivity index (χ1v) is 13.2. The fraction of sp³-hybridized carbons (Fsp3) is 0.355. The van der Waals surface area contributed by atoms with Gasteiger partial charge in [-0.25, -0.2) is 0 Å². The van der Waals surface area contributed by atoms with Gasteiger partial charge in [-0.3, -0.25) is 9.59 Å². The van der Waals surface area contributed by atoms with Gasteiger partial charge in [0.25, 0.3) is 5.91 Å². The van der Waals surface area contributed by atoms with Gasteiger partial charge < -0.3 is 19.5 Å². The highest BCUT2D eigenvalue weighted by Crippen LogP contribution is 2.34. The molecule has 1 fully saturated rings. The Morgan fingerprint density at radius 3 is 2.42 bits per heavy atom. The lowest BCUT2D eigenvalue weighted by Gasteiger charge is -2.39. The van der Waals surface area contributed by atoms with Crippen LogP contribution < -0.4 is 10.1 Å². The van der Waals surface area contributed by atoms with Crippen LogP contribution >= 0.6 is 11.6 Å². The molecular formula is C31H34ClNO5. The summed E-state index contributed by atoms with van der Waals surface area (Å²) in [5, 5.41) is 3.97. The molecule has 0 unspecified atom stereocenters. The van der Waals surface area contributed by atoms with Crippen LogP contribution in [0.4, 0.5) is 0 Å². The van der Waals surface area contributed by atoms with Crippen molar-refractivity contribution in [1.82, 2.24) is 5.32 Å². The largest absolute Gasteiger partial charge is 0.489 e. The zero-order valence-electron chi connectivity index (χ0n) is 22.1. The molecular weight excluding hydrogens is 502 g/mol. The van der Waals surface area contributed by atoms with E-state index in [4.69, 9.17) is 25.8 Å². The Kier molecular flexibility index (Phi) is 9.08. The normalized spacial score (nSPS) is 14.5. The molecule has 3 aromatic carbocycles. The average Bonchev–Trinajstić information content (AvgIpc) is 2.90. The molecule has 1 saturated heterocycles. The van der Waals surface area contributed by atoms with E-state index in [0.717, 1.165) is 27.8 Å². The monoisotopic (exact) mass is 535 g/mol. The third-order valence-electron chi connectivity index (χ3n) is 6.92. The third-order valence-corrected chi connectivity index (χ3v) is 7.16. The van der Waals surface area contributed by atoms with Crippen molar-refractivity contribution < 1.29 is 23.8 Å². The number of hydrogen-bond acceptors (Lipinski definition) is 5. The lowest BCUT2D eigenvalue weighted by atomic mass is 9.81. The van der Waals surface area contributed by atoms with Gasteiger partial charge in [0.05, 0.1) is 12.6 Å².